The number of nitrogens with one attached hydrogen (secondary N) is 2. The predicted octanol–water partition coefficient (Wildman–Crippen LogP) is 3.68. The molecule has 0 saturated carbocycles. The SMILES string of the molecule is COc1ccccc1-n1c(CNc2ncnc(N)c2C(C)=N)cc2cccc(C)c2c1=O. The molecule has 32 heavy (non-hydrogen) atoms. The van der Waals surface area contributed by atoms with Crippen LogP contribution < -0.4 is 21.3 Å². The van der Waals surface area contributed by atoms with Gasteiger partial charge in [-0.05, 0) is 43.0 Å². The molecular formula is C24H24N6O2. The number of aryl methyl sites for hydroxylation is 1. The first kappa shape index (κ1) is 21.0. The van der Waals surface area contributed by atoms with Gasteiger partial charge in [0, 0.05) is 11.4 Å². The average molecular weight is 428 g/mol. The molecule has 0 aliphatic carbocycles. The molecular weight excluding hydrogens is 404 g/mol. The standard InChI is InChI=1S/C24H24N6O2/c1-14-7-6-8-16-11-17(12-27-23-21(15(2)25)22(26)28-13-29-23)30(24(31)20(14)16)18-9-4-5-10-19(18)32-3/h4-11,13,25H,12H2,1-3H3,(H3,26,27,28,29). The Morgan fingerprint density at radius 3 is 2.72 bits per heavy atom. The van der Waals surface area contributed by atoms with Gasteiger partial charge >= 0.3 is 0 Å². The number of hydrogen-bond donors (Lipinski definition) is 3. The maximum absolute atomic E-state index is 13.7. The van der Waals surface area contributed by atoms with E-state index in [1.54, 1.807) is 18.6 Å². The smallest absolute Gasteiger partial charge is 0.263 e. The van der Waals surface area contributed by atoms with Crippen LogP contribution in [-0.4, -0.2) is 27.4 Å². The Balaban J connectivity index is 1.91. The number of hydrogen-bond acceptors (Lipinski definition) is 7. The van der Waals surface area contributed by atoms with Gasteiger partial charge in [0.2, 0.25) is 0 Å². The molecule has 0 saturated heterocycles. The molecule has 8 heteroatoms. The number of fused-ring (bicyclic) bond motifs is 1. The van der Waals surface area contributed by atoms with Crippen molar-refractivity contribution in [3.63, 3.8) is 0 Å². The van der Waals surface area contributed by atoms with Gasteiger partial charge in [0.25, 0.3) is 5.56 Å². The van der Waals surface area contributed by atoms with Crippen molar-refractivity contribution in [3.8, 4) is 11.4 Å². The Kier molecular flexibility index (Phi) is 5.59. The van der Waals surface area contributed by atoms with Crippen LogP contribution in [0.25, 0.3) is 16.5 Å². The zero-order chi connectivity index (χ0) is 22.8. The molecule has 0 aliphatic heterocycles. The highest BCUT2D eigenvalue weighted by atomic mass is 16.5. The lowest BCUT2D eigenvalue weighted by Gasteiger charge is -2.19. The summed E-state index contributed by atoms with van der Waals surface area (Å²) in [6.45, 7) is 3.83. The van der Waals surface area contributed by atoms with Crippen LogP contribution in [0.1, 0.15) is 23.7 Å². The van der Waals surface area contributed by atoms with Gasteiger partial charge in [-0.3, -0.25) is 9.36 Å². The maximum atomic E-state index is 13.7. The number of anilines is 2. The van der Waals surface area contributed by atoms with Crippen LogP contribution in [0, 0.1) is 12.3 Å². The van der Waals surface area contributed by atoms with Gasteiger partial charge < -0.3 is 21.2 Å². The summed E-state index contributed by atoms with van der Waals surface area (Å²) in [6.07, 6.45) is 1.35. The van der Waals surface area contributed by atoms with Gasteiger partial charge in [0.15, 0.2) is 0 Å². The molecule has 0 aliphatic rings. The number of nitrogens with zero attached hydrogens (tertiary/aromatic N) is 3. The molecule has 0 radical (unpaired) electrons. The minimum Gasteiger partial charge on any atom is -0.495 e. The lowest BCUT2D eigenvalue weighted by molar-refractivity contribution is 0.412. The van der Waals surface area contributed by atoms with Crippen molar-refractivity contribution in [3.05, 3.63) is 82.0 Å². The number of benzene rings is 2. The van der Waals surface area contributed by atoms with E-state index in [0.717, 1.165) is 10.9 Å². The monoisotopic (exact) mass is 428 g/mol. The zero-order valence-corrected chi connectivity index (χ0v) is 18.1. The molecule has 0 atom stereocenters. The summed E-state index contributed by atoms with van der Waals surface area (Å²) in [5, 5.41) is 12.8. The van der Waals surface area contributed by atoms with E-state index in [1.165, 1.54) is 6.33 Å². The first-order valence-electron chi connectivity index (χ1n) is 10.1. The van der Waals surface area contributed by atoms with Gasteiger partial charge in [-0.25, -0.2) is 9.97 Å². The third kappa shape index (κ3) is 3.66. The Morgan fingerprint density at radius 1 is 1.19 bits per heavy atom. The molecule has 2 heterocycles. The maximum Gasteiger partial charge on any atom is 0.263 e. The third-order valence-electron chi connectivity index (χ3n) is 5.35. The number of nitrogens with two attached hydrogens (primary N) is 1. The highest BCUT2D eigenvalue weighted by molar-refractivity contribution is 6.04. The van der Waals surface area contributed by atoms with Crippen LogP contribution in [-0.2, 0) is 6.54 Å². The molecule has 8 nitrogen and oxygen atoms in total. The predicted molar refractivity (Wildman–Crippen MR) is 127 cm³/mol. The van der Waals surface area contributed by atoms with E-state index < -0.39 is 0 Å². The summed E-state index contributed by atoms with van der Waals surface area (Å²) in [5.41, 5.74) is 8.78. The van der Waals surface area contributed by atoms with E-state index in [1.807, 2.05) is 55.5 Å². The number of rotatable bonds is 6. The van der Waals surface area contributed by atoms with E-state index in [9.17, 15) is 4.79 Å². The van der Waals surface area contributed by atoms with Crippen molar-refractivity contribution < 1.29 is 4.74 Å². The molecule has 162 valence electrons. The minimum atomic E-state index is -0.132. The van der Waals surface area contributed by atoms with Crippen molar-refractivity contribution in [1.29, 1.82) is 5.41 Å². The van der Waals surface area contributed by atoms with E-state index in [4.69, 9.17) is 15.9 Å². The summed E-state index contributed by atoms with van der Waals surface area (Å²) >= 11 is 0. The highest BCUT2D eigenvalue weighted by Gasteiger charge is 2.17. The summed E-state index contributed by atoms with van der Waals surface area (Å²) in [6, 6.07) is 15.2. The molecule has 2 aromatic carbocycles. The molecule has 0 spiro atoms. The van der Waals surface area contributed by atoms with E-state index in [0.29, 0.717) is 33.9 Å². The average Bonchev–Trinajstić information content (AvgIpc) is 2.77. The Labute approximate surface area is 185 Å². The number of pyridine rings is 1. The van der Waals surface area contributed by atoms with Crippen LogP contribution in [0.2, 0.25) is 0 Å². The van der Waals surface area contributed by atoms with Crippen LogP contribution in [0.5, 0.6) is 5.75 Å². The van der Waals surface area contributed by atoms with Crippen LogP contribution in [0.4, 0.5) is 11.6 Å². The number of nitrogen functional groups attached to an aromatic ring is 1. The molecule has 4 N–H and O–H groups in total. The number of methoxy groups -OCH3 is 1. The molecule has 0 bridgehead atoms. The van der Waals surface area contributed by atoms with Crippen molar-refractivity contribution >= 4 is 28.1 Å². The van der Waals surface area contributed by atoms with Gasteiger partial charge in [0.1, 0.15) is 23.7 Å². The van der Waals surface area contributed by atoms with Gasteiger partial charge in [-0.1, -0.05) is 30.3 Å². The third-order valence-corrected chi connectivity index (χ3v) is 5.35. The number of aromatic nitrogens is 3. The number of ether oxygens (including phenoxy) is 1. The lowest BCUT2D eigenvalue weighted by Crippen LogP contribution is -2.25. The summed E-state index contributed by atoms with van der Waals surface area (Å²) in [5.74, 6) is 1.26. The van der Waals surface area contributed by atoms with Crippen molar-refractivity contribution in [2.24, 2.45) is 0 Å². The Hall–Kier alpha value is -4.20. The fourth-order valence-electron chi connectivity index (χ4n) is 3.88. The molecule has 4 rings (SSSR count). The summed E-state index contributed by atoms with van der Waals surface area (Å²) in [7, 11) is 1.58. The molecule has 4 aromatic rings. The lowest BCUT2D eigenvalue weighted by atomic mass is 10.1. The first-order valence-corrected chi connectivity index (χ1v) is 10.1. The largest absolute Gasteiger partial charge is 0.495 e. The number of para-hydroxylation sites is 2. The van der Waals surface area contributed by atoms with Crippen LogP contribution in [0.15, 0.2) is 59.7 Å². The second-order valence-corrected chi connectivity index (χ2v) is 7.45. The minimum absolute atomic E-state index is 0.132. The van der Waals surface area contributed by atoms with E-state index >= 15 is 0 Å². The van der Waals surface area contributed by atoms with Gasteiger partial charge in [-0.15, -0.1) is 0 Å². The first-order chi connectivity index (χ1) is 15.4. The molecule has 0 unspecified atom stereocenters. The highest BCUT2D eigenvalue weighted by Crippen LogP contribution is 2.26. The zero-order valence-electron chi connectivity index (χ0n) is 18.1. The van der Waals surface area contributed by atoms with Crippen molar-refractivity contribution in [2.45, 2.75) is 20.4 Å². The van der Waals surface area contributed by atoms with Crippen LogP contribution >= 0.6 is 0 Å². The molecule has 0 fully saturated rings. The summed E-state index contributed by atoms with van der Waals surface area (Å²) in [4.78, 5) is 21.9. The summed E-state index contributed by atoms with van der Waals surface area (Å²) < 4.78 is 7.19. The molecule has 2 aromatic heterocycles. The van der Waals surface area contributed by atoms with Crippen LogP contribution in [0.3, 0.4) is 0 Å². The topological polar surface area (TPSA) is 119 Å². The molecule has 0 amide bonds. The van der Waals surface area contributed by atoms with Crippen molar-refractivity contribution in [2.75, 3.05) is 18.2 Å². The Morgan fingerprint density at radius 2 is 1.97 bits per heavy atom. The Bertz CT molecular complexity index is 1390. The fourth-order valence-corrected chi connectivity index (χ4v) is 3.88. The van der Waals surface area contributed by atoms with E-state index in [-0.39, 0.29) is 23.6 Å². The van der Waals surface area contributed by atoms with Crippen molar-refractivity contribution in [1.82, 2.24) is 14.5 Å². The second-order valence-electron chi connectivity index (χ2n) is 7.45. The van der Waals surface area contributed by atoms with Gasteiger partial charge in [-0.2, -0.15) is 0 Å². The fraction of sp³-hybridized carbons (Fsp3) is 0.167. The quantitative estimate of drug-likeness (QED) is 0.403. The van der Waals surface area contributed by atoms with E-state index in [2.05, 4.69) is 15.3 Å². The normalized spacial score (nSPS) is 10.8. The second kappa shape index (κ2) is 8.50. The van der Waals surface area contributed by atoms with Gasteiger partial charge in [0.05, 0.1) is 30.3 Å².